The fourth-order valence-corrected chi connectivity index (χ4v) is 3.69. The van der Waals surface area contributed by atoms with E-state index in [9.17, 15) is 0 Å². The van der Waals surface area contributed by atoms with Gasteiger partial charge in [-0.2, -0.15) is 0 Å². The molecular weight excluding hydrogens is 325 g/mol. The van der Waals surface area contributed by atoms with Crippen LogP contribution in [0.4, 0.5) is 0 Å². The van der Waals surface area contributed by atoms with E-state index in [1.54, 1.807) is 0 Å². The first-order valence-electron chi connectivity index (χ1n) is 6.01. The molecule has 0 saturated heterocycles. The molecule has 0 bridgehead atoms. The topological polar surface area (TPSA) is 22.1 Å². The Kier molecular flexibility index (Phi) is 5.26. The van der Waals surface area contributed by atoms with E-state index in [0.717, 1.165) is 16.8 Å². The van der Waals surface area contributed by atoms with Crippen molar-refractivity contribution in [3.8, 4) is 5.88 Å². The number of hydrogen-bond donors (Lipinski definition) is 0. The fraction of sp³-hybridized carbons (Fsp3) is 0.267. The van der Waals surface area contributed by atoms with E-state index >= 15 is 0 Å². The molecule has 4 heteroatoms. The Hall–Kier alpha value is -1.02. The van der Waals surface area contributed by atoms with Crippen LogP contribution in [0.1, 0.15) is 16.8 Å². The van der Waals surface area contributed by atoms with Gasteiger partial charge in [0.15, 0.2) is 0 Å². The second-order valence-electron chi connectivity index (χ2n) is 4.16. The van der Waals surface area contributed by atoms with Gasteiger partial charge in [-0.15, -0.1) is 0 Å². The van der Waals surface area contributed by atoms with Gasteiger partial charge in [0.2, 0.25) is 0 Å². The van der Waals surface area contributed by atoms with Gasteiger partial charge in [-0.3, -0.25) is 0 Å². The summed E-state index contributed by atoms with van der Waals surface area (Å²) in [5.74, 6) is 3.30. The number of halogens is 1. The van der Waals surface area contributed by atoms with Gasteiger partial charge in [-0.05, 0) is 0 Å². The van der Waals surface area contributed by atoms with Gasteiger partial charge in [-0.25, -0.2) is 0 Å². The van der Waals surface area contributed by atoms with Crippen LogP contribution in [0.15, 0.2) is 36.4 Å². The molecule has 1 heterocycles. The van der Waals surface area contributed by atoms with Crippen LogP contribution in [0.5, 0.6) is 5.88 Å². The Morgan fingerprint density at radius 2 is 2.00 bits per heavy atom. The average Bonchev–Trinajstić information content (AvgIpc) is 2.45. The predicted molar refractivity (Wildman–Crippen MR) is 80.6 cm³/mol. The third-order valence-electron chi connectivity index (χ3n) is 2.75. The molecule has 0 amide bonds. The van der Waals surface area contributed by atoms with Gasteiger partial charge in [0.25, 0.3) is 0 Å². The Labute approximate surface area is 125 Å². The monoisotopic (exact) mass is 341 g/mol. The summed E-state index contributed by atoms with van der Waals surface area (Å²) in [6.45, 7) is 2.51. The number of benzene rings is 1. The number of nitrogens with zero attached hydrogens (tertiary/aromatic N) is 1. The van der Waals surface area contributed by atoms with E-state index in [-0.39, 0.29) is 0 Å². The quantitative estimate of drug-likeness (QED) is 0.616. The van der Waals surface area contributed by atoms with Crippen molar-refractivity contribution in [1.82, 2.24) is 4.98 Å². The normalized spacial score (nSPS) is 10.5. The van der Waals surface area contributed by atoms with Crippen LogP contribution in [0.25, 0.3) is 0 Å². The van der Waals surface area contributed by atoms with E-state index in [0.29, 0.717) is 33.3 Å². The second-order valence-corrected chi connectivity index (χ2v) is 6.20. The molecule has 2 nitrogen and oxygen atoms in total. The van der Waals surface area contributed by atoms with Gasteiger partial charge in [-0.1, -0.05) is 0 Å². The number of pyridine rings is 1. The fourth-order valence-electron chi connectivity index (χ4n) is 1.79. The molecule has 0 unspecified atom stereocenters. The Balaban J connectivity index is 2.22. The number of ether oxygens (including phenoxy) is 1. The summed E-state index contributed by atoms with van der Waals surface area (Å²) in [5.41, 5.74) is 3.15. The molecule has 2 aromatic rings. The van der Waals surface area contributed by atoms with Crippen molar-refractivity contribution in [1.29, 1.82) is 0 Å². The molecular formula is C15H16ClNOSe. The molecule has 0 aliphatic heterocycles. The molecule has 1 aromatic carbocycles. The summed E-state index contributed by atoms with van der Waals surface area (Å²) >= 11 is 6.43. The van der Waals surface area contributed by atoms with Crippen molar-refractivity contribution >= 4 is 31.0 Å². The first-order valence-corrected chi connectivity index (χ1v) is 9.12. The van der Waals surface area contributed by atoms with Crippen LogP contribution in [0.3, 0.4) is 0 Å². The van der Waals surface area contributed by atoms with E-state index in [1.165, 1.54) is 4.46 Å². The maximum atomic E-state index is 6.04. The van der Waals surface area contributed by atoms with Crippen molar-refractivity contribution in [2.45, 2.75) is 25.2 Å². The molecule has 0 N–H and O–H groups in total. The van der Waals surface area contributed by atoms with Crippen LogP contribution in [-0.2, 0) is 12.5 Å². The number of aryl methyl sites for hydroxylation is 1. The summed E-state index contributed by atoms with van der Waals surface area (Å²) in [7, 11) is 0. The van der Waals surface area contributed by atoms with Crippen LogP contribution in [0, 0.1) is 6.92 Å². The zero-order valence-corrected chi connectivity index (χ0v) is 13.5. The number of hydrogen-bond acceptors (Lipinski definition) is 2. The summed E-state index contributed by atoms with van der Waals surface area (Å²) in [5, 5.41) is 0. The third kappa shape index (κ3) is 3.73. The van der Waals surface area contributed by atoms with Crippen LogP contribution in [-0.4, -0.2) is 19.9 Å². The Morgan fingerprint density at radius 1 is 1.26 bits per heavy atom. The van der Waals surface area contributed by atoms with Crippen molar-refractivity contribution in [2.75, 3.05) is 0 Å². The van der Waals surface area contributed by atoms with E-state index in [1.807, 2.05) is 37.3 Å². The predicted octanol–water partition coefficient (Wildman–Crippen LogP) is 3.09. The zero-order valence-electron chi connectivity index (χ0n) is 11.0. The van der Waals surface area contributed by atoms with E-state index < -0.39 is 0 Å². The average molecular weight is 341 g/mol. The van der Waals surface area contributed by atoms with Crippen molar-refractivity contribution in [2.24, 2.45) is 0 Å². The molecule has 2 rings (SSSR count). The van der Waals surface area contributed by atoms with Crippen LogP contribution in [0.2, 0.25) is 5.82 Å². The summed E-state index contributed by atoms with van der Waals surface area (Å²) < 4.78 is 7.13. The minimum atomic E-state index is 0.392. The molecule has 0 aliphatic rings. The van der Waals surface area contributed by atoms with E-state index in [4.69, 9.17) is 16.3 Å². The Bertz CT molecular complexity index is 545. The Morgan fingerprint density at radius 3 is 2.63 bits per heavy atom. The minimum absolute atomic E-state index is 0.392. The molecule has 0 radical (unpaired) electrons. The molecule has 1 aromatic heterocycles. The van der Waals surface area contributed by atoms with Gasteiger partial charge in [0.1, 0.15) is 0 Å². The third-order valence-corrected chi connectivity index (χ3v) is 4.70. The molecule has 100 valence electrons. The van der Waals surface area contributed by atoms with Crippen molar-refractivity contribution in [3.05, 3.63) is 53.2 Å². The zero-order chi connectivity index (χ0) is 13.7. The molecule has 0 saturated carbocycles. The van der Waals surface area contributed by atoms with Crippen molar-refractivity contribution < 1.29 is 4.74 Å². The number of alkyl halides is 1. The van der Waals surface area contributed by atoms with Crippen molar-refractivity contribution in [3.63, 3.8) is 0 Å². The first-order chi connectivity index (χ1) is 9.24. The SMILES string of the molecule is C[Se]c1cc(C)nc(OCc2ccccc2)c1CCl. The molecule has 0 atom stereocenters. The molecule has 0 spiro atoms. The molecule has 19 heavy (non-hydrogen) atoms. The van der Waals surface area contributed by atoms with Gasteiger partial charge in [0.05, 0.1) is 0 Å². The van der Waals surface area contributed by atoms with Gasteiger partial charge >= 0.3 is 125 Å². The second kappa shape index (κ2) is 6.95. The standard InChI is InChI=1S/C15H16ClNOSe/c1-11-8-14(19-2)13(9-16)15(17-11)18-10-12-6-4-3-5-7-12/h3-8H,9-10H2,1-2H3. The van der Waals surface area contributed by atoms with Crippen LogP contribution < -0.4 is 9.20 Å². The maximum absolute atomic E-state index is 6.04. The van der Waals surface area contributed by atoms with E-state index in [2.05, 4.69) is 16.9 Å². The summed E-state index contributed by atoms with van der Waals surface area (Å²) in [6.07, 6.45) is 0. The summed E-state index contributed by atoms with van der Waals surface area (Å²) in [4.78, 5) is 4.47. The first kappa shape index (κ1) is 14.4. The van der Waals surface area contributed by atoms with Crippen LogP contribution >= 0.6 is 11.6 Å². The summed E-state index contributed by atoms with van der Waals surface area (Å²) in [6, 6.07) is 12.2. The van der Waals surface area contributed by atoms with Gasteiger partial charge in [0, 0.05) is 0 Å². The molecule has 0 fully saturated rings. The van der Waals surface area contributed by atoms with Gasteiger partial charge < -0.3 is 0 Å². The number of aromatic nitrogens is 1. The molecule has 0 aliphatic carbocycles. The number of rotatable bonds is 5.